The Morgan fingerprint density at radius 1 is 0.435 bits per heavy atom. The van der Waals surface area contributed by atoms with Gasteiger partial charge in [0.15, 0.2) is 12.6 Å². The van der Waals surface area contributed by atoms with Gasteiger partial charge >= 0.3 is 0 Å². The molecule has 0 bridgehead atoms. The Labute approximate surface area is 516 Å². The highest BCUT2D eigenvalue weighted by molar-refractivity contribution is 5.76. The van der Waals surface area contributed by atoms with Gasteiger partial charge in [-0.3, -0.25) is 4.79 Å². The second-order valence-corrected chi connectivity index (χ2v) is 23.9. The van der Waals surface area contributed by atoms with Gasteiger partial charge in [-0.25, -0.2) is 0 Å². The van der Waals surface area contributed by atoms with Gasteiger partial charge in [0.1, 0.15) is 48.8 Å². The molecule has 2 rings (SSSR count). The molecule has 9 N–H and O–H groups in total. The zero-order chi connectivity index (χ0) is 61.6. The van der Waals surface area contributed by atoms with Gasteiger partial charge in [-0.05, 0) is 70.6 Å². The van der Waals surface area contributed by atoms with E-state index in [9.17, 15) is 45.6 Å². The lowest BCUT2D eigenvalue weighted by atomic mass is 9.97. The van der Waals surface area contributed by atoms with Gasteiger partial charge in [-0.2, -0.15) is 0 Å². The average molecular weight is 1200 g/mol. The summed E-state index contributed by atoms with van der Waals surface area (Å²) in [7, 11) is 0. The van der Waals surface area contributed by atoms with Crippen LogP contribution in [0.15, 0.2) is 85.1 Å². The molecule has 0 aromatic rings. The van der Waals surface area contributed by atoms with Gasteiger partial charge in [-0.15, -0.1) is 0 Å². The van der Waals surface area contributed by atoms with E-state index in [0.29, 0.717) is 12.8 Å². The second kappa shape index (κ2) is 55.3. The Kier molecular flexibility index (Phi) is 50.9. The number of aliphatic hydroxyl groups is 8. The van der Waals surface area contributed by atoms with E-state index >= 15 is 0 Å². The fourth-order valence-corrected chi connectivity index (χ4v) is 10.9. The molecule has 0 aromatic heterocycles. The van der Waals surface area contributed by atoms with Gasteiger partial charge in [0.05, 0.1) is 32.0 Å². The van der Waals surface area contributed by atoms with E-state index in [1.807, 2.05) is 0 Å². The molecule has 12 atom stereocenters. The lowest BCUT2D eigenvalue weighted by Gasteiger charge is -2.46. The minimum absolute atomic E-state index is 0.239. The third kappa shape index (κ3) is 39.7. The fourth-order valence-electron chi connectivity index (χ4n) is 10.9. The van der Waals surface area contributed by atoms with Crippen LogP contribution in [0.5, 0.6) is 0 Å². The molecule has 0 spiro atoms. The molecule has 85 heavy (non-hydrogen) atoms. The molecule has 492 valence electrons. The minimum atomic E-state index is -1.79. The molecule has 2 fully saturated rings. The number of hydrogen-bond donors (Lipinski definition) is 9. The van der Waals surface area contributed by atoms with Crippen molar-refractivity contribution in [1.82, 2.24) is 5.32 Å². The van der Waals surface area contributed by atoms with Gasteiger partial charge in [-0.1, -0.05) is 272 Å². The highest BCUT2D eigenvalue weighted by Gasteiger charge is 2.51. The molecule has 12 unspecified atom stereocenters. The number of allylic oxidation sites excluding steroid dienone is 14. The van der Waals surface area contributed by atoms with Crippen LogP contribution in [0.2, 0.25) is 0 Å². The van der Waals surface area contributed by atoms with Crippen molar-refractivity contribution in [2.75, 3.05) is 19.8 Å². The summed E-state index contributed by atoms with van der Waals surface area (Å²) in [4.78, 5) is 13.3. The third-order valence-electron chi connectivity index (χ3n) is 16.4. The minimum Gasteiger partial charge on any atom is -0.394 e. The lowest BCUT2D eigenvalue weighted by molar-refractivity contribution is -0.359. The maximum Gasteiger partial charge on any atom is 0.220 e. The van der Waals surface area contributed by atoms with Crippen molar-refractivity contribution in [3.05, 3.63) is 85.1 Å². The van der Waals surface area contributed by atoms with Crippen molar-refractivity contribution in [2.24, 2.45) is 0 Å². The van der Waals surface area contributed by atoms with Crippen LogP contribution in [-0.4, -0.2) is 140 Å². The Morgan fingerprint density at radius 2 is 0.812 bits per heavy atom. The molecule has 0 aromatic carbocycles. The van der Waals surface area contributed by atoms with E-state index in [0.717, 1.165) is 89.9 Å². The van der Waals surface area contributed by atoms with Gasteiger partial charge in [0, 0.05) is 6.42 Å². The molecule has 0 saturated carbocycles. The van der Waals surface area contributed by atoms with Crippen LogP contribution in [0, 0.1) is 0 Å². The van der Waals surface area contributed by atoms with Crippen LogP contribution < -0.4 is 5.32 Å². The number of nitrogens with one attached hydrogen (secondary N) is 1. The second-order valence-electron chi connectivity index (χ2n) is 23.9. The molecular weight excluding hydrogens is 1070 g/mol. The monoisotopic (exact) mass is 1200 g/mol. The number of amides is 1. The topological polar surface area (TPSA) is 228 Å². The highest BCUT2D eigenvalue weighted by Crippen LogP contribution is 2.30. The summed E-state index contributed by atoms with van der Waals surface area (Å²) in [6.07, 6.45) is 58.7. The predicted octanol–water partition coefficient (Wildman–Crippen LogP) is 13.6. The molecule has 14 heteroatoms. The zero-order valence-electron chi connectivity index (χ0n) is 53.3. The predicted molar refractivity (Wildman–Crippen MR) is 346 cm³/mol. The first-order chi connectivity index (χ1) is 41.6. The quantitative estimate of drug-likeness (QED) is 0.0204. The van der Waals surface area contributed by atoms with Crippen LogP contribution in [0.4, 0.5) is 0 Å². The van der Waals surface area contributed by atoms with E-state index in [1.54, 1.807) is 0 Å². The van der Waals surface area contributed by atoms with Crippen molar-refractivity contribution >= 4 is 5.91 Å². The van der Waals surface area contributed by atoms with Crippen LogP contribution >= 0.6 is 0 Å². The maximum atomic E-state index is 13.3. The summed E-state index contributed by atoms with van der Waals surface area (Å²) in [5.74, 6) is -0.239. The largest absolute Gasteiger partial charge is 0.394 e. The normalized spacial score (nSPS) is 24.1. The van der Waals surface area contributed by atoms with E-state index in [1.165, 1.54) is 141 Å². The van der Waals surface area contributed by atoms with Crippen molar-refractivity contribution in [2.45, 2.75) is 338 Å². The number of aliphatic hydroxyl groups excluding tert-OH is 8. The SMILES string of the molecule is CC/C=C\C/C=C\C/C=C\C/C=C\C/C=C\C/C=C\C/C=C\CCCCCC(=O)NC(COC1OC(CO)C(OC2OC(CO)C(O)C(O)C2O)C(O)C1O)C(O)CCCCCCCCCCCCCCCCCCCCCCCCCCCC. The van der Waals surface area contributed by atoms with Crippen LogP contribution in [0.25, 0.3) is 0 Å². The maximum absolute atomic E-state index is 13.3. The lowest BCUT2D eigenvalue weighted by Crippen LogP contribution is -2.65. The zero-order valence-corrected chi connectivity index (χ0v) is 53.3. The van der Waals surface area contributed by atoms with Crippen molar-refractivity contribution in [1.29, 1.82) is 0 Å². The Hall–Kier alpha value is -2.83. The van der Waals surface area contributed by atoms with E-state index in [4.69, 9.17) is 18.9 Å². The Morgan fingerprint density at radius 3 is 1.24 bits per heavy atom. The first kappa shape index (κ1) is 78.3. The summed E-state index contributed by atoms with van der Waals surface area (Å²) >= 11 is 0. The van der Waals surface area contributed by atoms with Crippen molar-refractivity contribution in [3.63, 3.8) is 0 Å². The summed E-state index contributed by atoms with van der Waals surface area (Å²) in [5.41, 5.74) is 0. The molecule has 0 aliphatic carbocycles. The number of carbonyl (C=O) groups is 1. The molecule has 1 amide bonds. The number of rotatable bonds is 55. The number of hydrogen-bond acceptors (Lipinski definition) is 13. The van der Waals surface area contributed by atoms with E-state index in [-0.39, 0.29) is 18.9 Å². The van der Waals surface area contributed by atoms with Gasteiger partial charge < -0.3 is 65.1 Å². The van der Waals surface area contributed by atoms with Crippen molar-refractivity contribution in [3.8, 4) is 0 Å². The third-order valence-corrected chi connectivity index (χ3v) is 16.4. The standard InChI is InChI=1S/C71H125NO13/c1-3-5-7-9-11-13-15-17-19-21-23-25-27-29-31-32-34-36-38-40-42-44-46-48-50-52-54-60(75)59(58-82-70-68(81)66(79)69(62(57-74)84-70)85-71-67(80)65(78)64(77)61(56-73)83-71)72-63(76)55-53-51-49-47-45-43-41-39-37-35-33-30-28-26-24-22-20-18-16-14-12-10-8-6-4-2/h6,8,12,14,18,20,24,26,30,33,37,39,43,45,59-62,64-71,73-75,77-81H,3-5,7,9-11,13,15-17,19,21-23,25,27-29,31-32,34-36,38,40-42,44,46-58H2,1-2H3,(H,72,76)/b8-6-,14-12-,20-18-,26-24-,33-30-,39-37-,45-43-. The molecule has 2 heterocycles. The molecule has 2 saturated heterocycles. The van der Waals surface area contributed by atoms with Crippen LogP contribution in [0.1, 0.15) is 264 Å². The fraction of sp³-hybridized carbons (Fsp3) is 0.789. The summed E-state index contributed by atoms with van der Waals surface area (Å²) in [6, 6.07) is -0.854. The number of ether oxygens (including phenoxy) is 4. The summed E-state index contributed by atoms with van der Waals surface area (Å²) in [6.45, 7) is 2.75. The van der Waals surface area contributed by atoms with E-state index in [2.05, 4.69) is 104 Å². The first-order valence-corrected chi connectivity index (χ1v) is 34.3. The van der Waals surface area contributed by atoms with Gasteiger partial charge in [0.2, 0.25) is 5.91 Å². The molecule has 14 nitrogen and oxygen atoms in total. The number of carbonyl (C=O) groups excluding carboxylic acids is 1. The Balaban J connectivity index is 1.71. The average Bonchev–Trinajstić information content (AvgIpc) is 3.29. The highest BCUT2D eigenvalue weighted by atomic mass is 16.7. The van der Waals surface area contributed by atoms with Crippen LogP contribution in [0.3, 0.4) is 0 Å². The molecular formula is C71H125NO13. The van der Waals surface area contributed by atoms with Crippen LogP contribution in [-0.2, 0) is 23.7 Å². The molecule has 2 aliphatic heterocycles. The van der Waals surface area contributed by atoms with Crippen molar-refractivity contribution < 1.29 is 64.6 Å². The summed E-state index contributed by atoms with van der Waals surface area (Å²) in [5, 5.41) is 87.6. The molecule has 0 radical (unpaired) electrons. The smallest absolute Gasteiger partial charge is 0.220 e. The number of unbranched alkanes of at least 4 members (excludes halogenated alkanes) is 28. The summed E-state index contributed by atoms with van der Waals surface area (Å²) < 4.78 is 22.9. The Bertz CT molecular complexity index is 1750. The first-order valence-electron chi connectivity index (χ1n) is 34.3. The van der Waals surface area contributed by atoms with Gasteiger partial charge in [0.25, 0.3) is 0 Å². The van der Waals surface area contributed by atoms with E-state index < -0.39 is 86.8 Å². The molecule has 2 aliphatic rings.